The third kappa shape index (κ3) is 3.79. The first kappa shape index (κ1) is 25.5. The zero-order valence-corrected chi connectivity index (χ0v) is 21.7. The highest BCUT2D eigenvalue weighted by atomic mass is 16.5. The van der Waals surface area contributed by atoms with Gasteiger partial charge in [0.05, 0.1) is 13.2 Å². The number of nitrogens with two attached hydrogens (primary N) is 1. The van der Waals surface area contributed by atoms with E-state index in [4.69, 9.17) is 15.9 Å². The lowest BCUT2D eigenvalue weighted by Gasteiger charge is -2.58. The summed E-state index contributed by atoms with van der Waals surface area (Å²) in [5.41, 5.74) is 2.99. The number of rotatable bonds is 6. The van der Waals surface area contributed by atoms with E-state index in [1.54, 1.807) is 4.90 Å². The van der Waals surface area contributed by atoms with Crippen LogP contribution in [0.15, 0.2) is 9.59 Å². The van der Waals surface area contributed by atoms with E-state index in [1.165, 1.54) is 11.9 Å². The van der Waals surface area contributed by atoms with Gasteiger partial charge in [-0.25, -0.2) is 9.59 Å². The Morgan fingerprint density at radius 2 is 1.78 bits per heavy atom. The van der Waals surface area contributed by atoms with Gasteiger partial charge in [0.2, 0.25) is 5.88 Å². The molecule has 4 N–H and O–H groups in total. The molecule has 2 aliphatic heterocycles. The summed E-state index contributed by atoms with van der Waals surface area (Å²) >= 11 is 0. The Morgan fingerprint density at radius 1 is 1.16 bits per heavy atom. The summed E-state index contributed by atoms with van der Waals surface area (Å²) in [4.78, 5) is 55.5. The van der Waals surface area contributed by atoms with E-state index in [0.29, 0.717) is 58.3 Å². The second-order valence-corrected chi connectivity index (χ2v) is 11.9. The number of likely N-dealkylation sites (N-methyl/N-ethyl adjacent to an activating group) is 1. The first-order valence-corrected chi connectivity index (χ1v) is 13.0. The highest BCUT2D eigenvalue weighted by molar-refractivity contribution is 6.07. The molecule has 3 heterocycles. The molecule has 12 nitrogen and oxygen atoms in total. The van der Waals surface area contributed by atoms with Crippen molar-refractivity contribution < 1.29 is 19.4 Å². The van der Waals surface area contributed by atoms with E-state index in [-0.39, 0.29) is 41.3 Å². The fourth-order valence-electron chi connectivity index (χ4n) is 6.88. The molecule has 0 atom stereocenters. The van der Waals surface area contributed by atoms with Gasteiger partial charge in [-0.1, -0.05) is 13.8 Å². The van der Waals surface area contributed by atoms with Crippen LogP contribution < -0.4 is 17.0 Å². The smallest absolute Gasteiger partial charge is 0.334 e. The van der Waals surface area contributed by atoms with Gasteiger partial charge in [-0.2, -0.15) is 0 Å². The number of aromatic hydroxyl groups is 1. The molecule has 3 amide bonds. The van der Waals surface area contributed by atoms with Crippen LogP contribution in [-0.4, -0.2) is 74.2 Å². The number of hydrogen-bond acceptors (Lipinski definition) is 7. The summed E-state index contributed by atoms with van der Waals surface area (Å²) in [6, 6.07) is -0.648. The predicted octanol–water partition coefficient (Wildman–Crippen LogP) is 0.830. The summed E-state index contributed by atoms with van der Waals surface area (Å²) in [5.74, 6) is -1.02. The van der Waals surface area contributed by atoms with Crippen molar-refractivity contribution in [3.8, 4) is 5.88 Å². The van der Waals surface area contributed by atoms with Crippen molar-refractivity contribution >= 4 is 17.8 Å². The number of hydrogen-bond donors (Lipinski definition) is 3. The normalized spacial score (nSPS) is 29.9. The topological polar surface area (TPSA) is 164 Å². The van der Waals surface area contributed by atoms with Gasteiger partial charge in [-0.05, 0) is 49.9 Å². The lowest BCUT2D eigenvalue weighted by Crippen LogP contribution is -2.65. The van der Waals surface area contributed by atoms with E-state index in [2.05, 4.69) is 0 Å². The maximum atomic E-state index is 13.3. The van der Waals surface area contributed by atoms with Crippen LogP contribution >= 0.6 is 0 Å². The lowest BCUT2D eigenvalue weighted by atomic mass is 9.51. The molecule has 0 aromatic carbocycles. The maximum absolute atomic E-state index is 13.3. The number of nitrogen functional groups attached to an aromatic ring is 1. The van der Waals surface area contributed by atoms with E-state index >= 15 is 0 Å². The van der Waals surface area contributed by atoms with Crippen LogP contribution in [0.1, 0.15) is 64.0 Å². The number of amidine groups is 1. The molecule has 2 aliphatic carbocycles. The van der Waals surface area contributed by atoms with Gasteiger partial charge in [-0.3, -0.25) is 29.0 Å². The second kappa shape index (κ2) is 8.71. The third-order valence-electron chi connectivity index (χ3n) is 8.77. The molecule has 2 spiro atoms. The number of nitrogens with zero attached hydrogens (tertiary/aromatic N) is 4. The van der Waals surface area contributed by atoms with E-state index in [1.807, 2.05) is 13.8 Å². The SMILES string of the molecule is CC(C)Cn1c(O)c(C(=N)N)c(=O)n(C2CCC3(CC2)CC2(C3)C(=O)N(C)C(=O)N2CC2COC2)c1=O. The Kier molecular flexibility index (Phi) is 6.00. The molecule has 0 unspecified atom stereocenters. The molecule has 2 saturated carbocycles. The summed E-state index contributed by atoms with van der Waals surface area (Å²) in [6.07, 6.45) is 3.66. The van der Waals surface area contributed by atoms with Crippen molar-refractivity contribution in [2.75, 3.05) is 26.8 Å². The van der Waals surface area contributed by atoms with E-state index in [0.717, 1.165) is 9.13 Å². The first-order chi connectivity index (χ1) is 17.4. The van der Waals surface area contributed by atoms with Crippen LogP contribution in [0, 0.1) is 22.7 Å². The second-order valence-electron chi connectivity index (χ2n) is 11.9. The molecule has 1 aromatic heterocycles. The molecule has 5 rings (SSSR count). The minimum absolute atomic E-state index is 0.0226. The number of amides is 3. The van der Waals surface area contributed by atoms with Crippen molar-refractivity contribution in [1.82, 2.24) is 18.9 Å². The largest absolute Gasteiger partial charge is 0.494 e. The zero-order chi connectivity index (χ0) is 26.9. The first-order valence-electron chi connectivity index (χ1n) is 13.0. The van der Waals surface area contributed by atoms with Crippen molar-refractivity contribution in [3.05, 3.63) is 26.4 Å². The van der Waals surface area contributed by atoms with Crippen LogP contribution in [0.2, 0.25) is 0 Å². The number of nitrogens with one attached hydrogen (secondary N) is 1. The predicted molar refractivity (Wildman–Crippen MR) is 134 cm³/mol. The van der Waals surface area contributed by atoms with Crippen molar-refractivity contribution in [3.63, 3.8) is 0 Å². The molecule has 4 fully saturated rings. The number of urea groups is 1. The van der Waals surface area contributed by atoms with Gasteiger partial charge >= 0.3 is 11.7 Å². The number of imide groups is 1. The van der Waals surface area contributed by atoms with E-state index < -0.39 is 34.5 Å². The highest BCUT2D eigenvalue weighted by Crippen LogP contribution is 2.62. The Morgan fingerprint density at radius 3 is 2.30 bits per heavy atom. The molecule has 202 valence electrons. The molecule has 2 saturated heterocycles. The third-order valence-corrected chi connectivity index (χ3v) is 8.77. The van der Waals surface area contributed by atoms with Crippen LogP contribution in [0.25, 0.3) is 0 Å². The quantitative estimate of drug-likeness (QED) is 0.286. The zero-order valence-electron chi connectivity index (χ0n) is 21.7. The molecule has 37 heavy (non-hydrogen) atoms. The molecule has 1 aromatic rings. The molecular formula is C25H36N6O6. The maximum Gasteiger partial charge on any atom is 0.334 e. The van der Waals surface area contributed by atoms with Gasteiger partial charge in [0.25, 0.3) is 11.5 Å². The number of aromatic nitrogens is 2. The standard InChI is InChI=1S/C25H36N6O6/c1-14(2)8-29-19(32)17(18(26)27)20(33)31(23(29)36)16-4-6-24(7-5-16)12-25(13-24)21(34)28(3)22(35)30(25)9-15-10-37-11-15/h14-16,32H,4-13H2,1-3H3,(H3,26,27). The summed E-state index contributed by atoms with van der Waals surface area (Å²) < 4.78 is 7.55. The Balaban J connectivity index is 1.38. The highest BCUT2D eigenvalue weighted by Gasteiger charge is 2.68. The van der Waals surface area contributed by atoms with E-state index in [9.17, 15) is 24.3 Å². The van der Waals surface area contributed by atoms with Crippen LogP contribution in [0.5, 0.6) is 5.88 Å². The van der Waals surface area contributed by atoms with Crippen molar-refractivity contribution in [2.45, 2.75) is 70.5 Å². The van der Waals surface area contributed by atoms with Gasteiger partial charge < -0.3 is 20.5 Å². The summed E-state index contributed by atoms with van der Waals surface area (Å²) in [6.45, 7) is 5.68. The van der Waals surface area contributed by atoms with Gasteiger partial charge in [-0.15, -0.1) is 0 Å². The Bertz CT molecular complexity index is 1260. The van der Waals surface area contributed by atoms with Gasteiger partial charge in [0.1, 0.15) is 16.9 Å². The number of carbonyl (C=O) groups is 2. The minimum atomic E-state index is -0.810. The summed E-state index contributed by atoms with van der Waals surface area (Å²) in [7, 11) is 1.54. The number of ether oxygens (including phenoxy) is 1. The molecule has 0 bridgehead atoms. The minimum Gasteiger partial charge on any atom is -0.494 e. The lowest BCUT2D eigenvalue weighted by molar-refractivity contribution is -0.152. The molecule has 12 heteroatoms. The molecule has 4 aliphatic rings. The van der Waals surface area contributed by atoms with Crippen LogP contribution in [-0.2, 0) is 16.1 Å². The summed E-state index contributed by atoms with van der Waals surface area (Å²) in [5, 5.41) is 18.4. The Hall–Kier alpha value is -3.15. The molecule has 0 radical (unpaired) electrons. The van der Waals surface area contributed by atoms with Crippen LogP contribution in [0.3, 0.4) is 0 Å². The van der Waals surface area contributed by atoms with Crippen LogP contribution in [0.4, 0.5) is 4.79 Å². The fraction of sp³-hybridized carbons (Fsp3) is 0.720. The Labute approximate surface area is 214 Å². The van der Waals surface area contributed by atoms with Crippen molar-refractivity contribution in [2.24, 2.45) is 23.0 Å². The average Bonchev–Trinajstić information content (AvgIpc) is 2.95. The van der Waals surface area contributed by atoms with Gasteiger partial charge in [0, 0.05) is 32.1 Å². The van der Waals surface area contributed by atoms with Crippen molar-refractivity contribution in [1.29, 1.82) is 5.41 Å². The monoisotopic (exact) mass is 516 g/mol. The number of carbonyl (C=O) groups excluding carboxylic acids is 2. The van der Waals surface area contributed by atoms with Gasteiger partial charge in [0.15, 0.2) is 0 Å². The fourth-order valence-corrected chi connectivity index (χ4v) is 6.88. The average molecular weight is 517 g/mol. The molecular weight excluding hydrogens is 480 g/mol.